The Morgan fingerprint density at radius 1 is 1.17 bits per heavy atom. The molecule has 0 unspecified atom stereocenters. The third-order valence-electron chi connectivity index (χ3n) is 2.97. The zero-order chi connectivity index (χ0) is 16.8. The molecular weight excluding hydrogens is 323 g/mol. The Hall–Kier alpha value is -2.60. The van der Waals surface area contributed by atoms with Crippen LogP contribution >= 0.6 is 11.6 Å². The first-order chi connectivity index (χ1) is 11.0. The molecule has 7 heteroatoms. The third kappa shape index (κ3) is 4.96. The van der Waals surface area contributed by atoms with Gasteiger partial charge in [-0.1, -0.05) is 23.7 Å². The molecule has 120 valence electrons. The Kier molecular flexibility index (Phi) is 5.54. The van der Waals surface area contributed by atoms with E-state index in [-0.39, 0.29) is 36.2 Å². The molecule has 0 aromatic heterocycles. The standard InChI is InChI=1S/C16H14ClFN2O3/c17-11-3-6-14(13(7-11)16(19)22)23-9-15(21)20-8-10-1-4-12(18)5-2-10/h1-7H,8-9H2,(H2,19,22)(H,20,21). The van der Waals surface area contributed by atoms with Gasteiger partial charge < -0.3 is 15.8 Å². The largest absolute Gasteiger partial charge is 0.483 e. The fourth-order valence-corrected chi connectivity index (χ4v) is 1.99. The highest BCUT2D eigenvalue weighted by Gasteiger charge is 2.12. The Balaban J connectivity index is 1.89. The summed E-state index contributed by atoms with van der Waals surface area (Å²) in [6.07, 6.45) is 0. The Morgan fingerprint density at radius 3 is 2.52 bits per heavy atom. The van der Waals surface area contributed by atoms with Gasteiger partial charge in [-0.2, -0.15) is 0 Å². The number of nitrogens with two attached hydrogens (primary N) is 1. The van der Waals surface area contributed by atoms with Crippen molar-refractivity contribution in [2.45, 2.75) is 6.54 Å². The number of amides is 2. The fraction of sp³-hybridized carbons (Fsp3) is 0.125. The third-order valence-corrected chi connectivity index (χ3v) is 3.20. The zero-order valence-electron chi connectivity index (χ0n) is 12.0. The number of hydrogen-bond donors (Lipinski definition) is 2. The molecule has 2 amide bonds. The first-order valence-corrected chi connectivity index (χ1v) is 7.07. The van der Waals surface area contributed by atoms with E-state index in [2.05, 4.69) is 5.32 Å². The molecule has 0 aliphatic carbocycles. The van der Waals surface area contributed by atoms with Gasteiger partial charge in [0.2, 0.25) is 0 Å². The lowest BCUT2D eigenvalue weighted by molar-refractivity contribution is -0.123. The molecule has 0 aliphatic heterocycles. The number of primary amides is 1. The van der Waals surface area contributed by atoms with Crippen molar-refractivity contribution in [1.29, 1.82) is 0 Å². The number of rotatable bonds is 6. The molecule has 0 atom stereocenters. The van der Waals surface area contributed by atoms with Crippen LogP contribution in [0.25, 0.3) is 0 Å². The minimum absolute atomic E-state index is 0.101. The summed E-state index contributed by atoms with van der Waals surface area (Å²) in [6, 6.07) is 10.1. The van der Waals surface area contributed by atoms with Gasteiger partial charge in [0.15, 0.2) is 6.61 Å². The SMILES string of the molecule is NC(=O)c1cc(Cl)ccc1OCC(=O)NCc1ccc(F)cc1. The lowest BCUT2D eigenvalue weighted by atomic mass is 10.2. The maximum absolute atomic E-state index is 12.8. The van der Waals surface area contributed by atoms with Gasteiger partial charge in [-0.15, -0.1) is 0 Å². The summed E-state index contributed by atoms with van der Waals surface area (Å²) in [5.74, 6) is -1.25. The molecule has 5 nitrogen and oxygen atoms in total. The van der Waals surface area contributed by atoms with E-state index in [0.717, 1.165) is 5.56 Å². The molecule has 0 bridgehead atoms. The predicted octanol–water partition coefficient (Wildman–Crippen LogP) is 2.27. The number of halogens is 2. The number of nitrogens with one attached hydrogen (secondary N) is 1. The normalized spacial score (nSPS) is 10.2. The Morgan fingerprint density at radius 2 is 1.87 bits per heavy atom. The molecule has 2 aromatic carbocycles. The molecular formula is C16H14ClFN2O3. The highest BCUT2D eigenvalue weighted by atomic mass is 35.5. The molecule has 0 saturated heterocycles. The number of ether oxygens (including phenoxy) is 1. The highest BCUT2D eigenvalue weighted by Crippen LogP contribution is 2.22. The van der Waals surface area contributed by atoms with E-state index >= 15 is 0 Å². The van der Waals surface area contributed by atoms with Gasteiger partial charge in [0.1, 0.15) is 11.6 Å². The van der Waals surface area contributed by atoms with Crippen LogP contribution in [0.5, 0.6) is 5.75 Å². The van der Waals surface area contributed by atoms with E-state index in [4.69, 9.17) is 22.1 Å². The van der Waals surface area contributed by atoms with Gasteiger partial charge >= 0.3 is 0 Å². The first kappa shape index (κ1) is 16.8. The van der Waals surface area contributed by atoms with Crippen molar-refractivity contribution in [1.82, 2.24) is 5.32 Å². The van der Waals surface area contributed by atoms with Gasteiger partial charge in [0.05, 0.1) is 5.56 Å². The van der Waals surface area contributed by atoms with Crippen LogP contribution in [0.1, 0.15) is 15.9 Å². The van der Waals surface area contributed by atoms with Crippen LogP contribution in [0.2, 0.25) is 5.02 Å². The van der Waals surface area contributed by atoms with Crippen molar-refractivity contribution in [3.63, 3.8) is 0 Å². The monoisotopic (exact) mass is 336 g/mol. The van der Waals surface area contributed by atoms with E-state index in [1.54, 1.807) is 12.1 Å². The number of carbonyl (C=O) groups is 2. The van der Waals surface area contributed by atoms with E-state index in [9.17, 15) is 14.0 Å². The van der Waals surface area contributed by atoms with Crippen molar-refractivity contribution >= 4 is 23.4 Å². The van der Waals surface area contributed by atoms with Gasteiger partial charge in [-0.3, -0.25) is 9.59 Å². The second-order valence-electron chi connectivity index (χ2n) is 4.70. The van der Waals surface area contributed by atoms with E-state index < -0.39 is 5.91 Å². The Bertz CT molecular complexity index is 720. The first-order valence-electron chi connectivity index (χ1n) is 6.69. The molecule has 0 fully saturated rings. The minimum Gasteiger partial charge on any atom is -0.483 e. The molecule has 0 spiro atoms. The maximum atomic E-state index is 12.8. The smallest absolute Gasteiger partial charge is 0.258 e. The quantitative estimate of drug-likeness (QED) is 0.849. The van der Waals surface area contributed by atoms with Gasteiger partial charge in [0, 0.05) is 11.6 Å². The summed E-state index contributed by atoms with van der Waals surface area (Å²) >= 11 is 5.78. The summed E-state index contributed by atoms with van der Waals surface area (Å²) in [7, 11) is 0. The molecule has 0 radical (unpaired) electrons. The lowest BCUT2D eigenvalue weighted by Crippen LogP contribution is -2.28. The molecule has 3 N–H and O–H groups in total. The second kappa shape index (κ2) is 7.60. The summed E-state index contributed by atoms with van der Waals surface area (Å²) in [5, 5.41) is 2.96. The average molecular weight is 337 g/mol. The van der Waals surface area contributed by atoms with Crippen LogP contribution in [0.15, 0.2) is 42.5 Å². The maximum Gasteiger partial charge on any atom is 0.258 e. The van der Waals surface area contributed by atoms with Crippen molar-refractivity contribution in [3.05, 3.63) is 64.4 Å². The predicted molar refractivity (Wildman–Crippen MR) is 83.7 cm³/mol. The summed E-state index contributed by atoms with van der Waals surface area (Å²) in [6.45, 7) is -0.0468. The van der Waals surface area contributed by atoms with Crippen molar-refractivity contribution in [2.24, 2.45) is 5.73 Å². The van der Waals surface area contributed by atoms with Crippen LogP contribution in [0.3, 0.4) is 0 Å². The molecule has 0 heterocycles. The van der Waals surface area contributed by atoms with Gasteiger partial charge in [-0.25, -0.2) is 4.39 Å². The summed E-state index contributed by atoms with van der Waals surface area (Å²) in [4.78, 5) is 23.1. The number of benzene rings is 2. The van der Waals surface area contributed by atoms with Gasteiger partial charge in [0.25, 0.3) is 11.8 Å². The van der Waals surface area contributed by atoms with Gasteiger partial charge in [-0.05, 0) is 35.9 Å². The highest BCUT2D eigenvalue weighted by molar-refractivity contribution is 6.31. The number of carbonyl (C=O) groups excluding carboxylic acids is 2. The van der Waals surface area contributed by atoms with Crippen LogP contribution in [-0.4, -0.2) is 18.4 Å². The molecule has 23 heavy (non-hydrogen) atoms. The number of hydrogen-bond acceptors (Lipinski definition) is 3. The lowest BCUT2D eigenvalue weighted by Gasteiger charge is -2.10. The zero-order valence-corrected chi connectivity index (χ0v) is 12.8. The fourth-order valence-electron chi connectivity index (χ4n) is 1.82. The van der Waals surface area contributed by atoms with Crippen molar-refractivity contribution in [3.8, 4) is 5.75 Å². The van der Waals surface area contributed by atoms with E-state index in [0.29, 0.717) is 5.02 Å². The average Bonchev–Trinajstić information content (AvgIpc) is 2.53. The molecule has 2 aromatic rings. The Labute approximate surface area is 137 Å². The van der Waals surface area contributed by atoms with Crippen molar-refractivity contribution < 1.29 is 18.7 Å². The molecule has 2 rings (SSSR count). The van der Waals surface area contributed by atoms with E-state index in [1.165, 1.54) is 30.3 Å². The summed E-state index contributed by atoms with van der Waals surface area (Å²) in [5.41, 5.74) is 6.08. The van der Waals surface area contributed by atoms with Crippen LogP contribution in [0.4, 0.5) is 4.39 Å². The van der Waals surface area contributed by atoms with Crippen LogP contribution in [-0.2, 0) is 11.3 Å². The summed E-state index contributed by atoms with van der Waals surface area (Å²) < 4.78 is 18.1. The second-order valence-corrected chi connectivity index (χ2v) is 5.13. The van der Waals surface area contributed by atoms with Crippen molar-refractivity contribution in [2.75, 3.05) is 6.61 Å². The van der Waals surface area contributed by atoms with Crippen LogP contribution < -0.4 is 15.8 Å². The molecule has 0 aliphatic rings. The van der Waals surface area contributed by atoms with Crippen LogP contribution in [0, 0.1) is 5.82 Å². The topological polar surface area (TPSA) is 81.4 Å². The van der Waals surface area contributed by atoms with E-state index in [1.807, 2.05) is 0 Å². The minimum atomic E-state index is -0.700. The molecule has 0 saturated carbocycles.